The molecule has 0 spiro atoms. The van der Waals surface area contributed by atoms with Gasteiger partial charge in [0, 0.05) is 52.1 Å². The zero-order chi connectivity index (χ0) is 17.6. The van der Waals surface area contributed by atoms with Crippen molar-refractivity contribution in [3.05, 3.63) is 29.8 Å². The van der Waals surface area contributed by atoms with E-state index in [-0.39, 0.29) is 0 Å². The predicted octanol–water partition coefficient (Wildman–Crippen LogP) is 3.34. The summed E-state index contributed by atoms with van der Waals surface area (Å²) in [7, 11) is 3.64. The van der Waals surface area contributed by atoms with E-state index < -0.39 is 0 Å². The number of rotatable bonds is 8. The van der Waals surface area contributed by atoms with E-state index in [2.05, 4.69) is 41.0 Å². The monoisotopic (exact) mass is 346 g/mol. The molecule has 140 valence electrons. The fraction of sp³-hybridized carbons (Fsp3) is 0.714. The van der Waals surface area contributed by atoms with Crippen molar-refractivity contribution >= 4 is 5.69 Å². The number of hydrogen-bond donors (Lipinski definition) is 0. The molecule has 1 aromatic rings. The lowest BCUT2D eigenvalue weighted by Gasteiger charge is -2.44. The Hall–Kier alpha value is -1.10. The molecule has 2 fully saturated rings. The van der Waals surface area contributed by atoms with E-state index in [4.69, 9.17) is 9.47 Å². The second-order valence-corrected chi connectivity index (χ2v) is 7.74. The Bertz CT molecular complexity index is 505. The maximum absolute atomic E-state index is 5.47. The van der Waals surface area contributed by atoms with E-state index in [1.165, 1.54) is 56.6 Å². The van der Waals surface area contributed by atoms with Gasteiger partial charge in [-0.05, 0) is 50.7 Å². The smallest absolute Gasteiger partial charge is 0.0601 e. The van der Waals surface area contributed by atoms with E-state index in [1.54, 1.807) is 7.11 Å². The Kier molecular flexibility index (Phi) is 6.74. The normalized spacial score (nSPS) is 24.6. The number of piperidine rings is 1. The minimum Gasteiger partial charge on any atom is -0.383 e. The van der Waals surface area contributed by atoms with Crippen molar-refractivity contribution in [2.75, 3.05) is 51.9 Å². The highest BCUT2D eigenvalue weighted by Crippen LogP contribution is 2.30. The van der Waals surface area contributed by atoms with Crippen molar-refractivity contribution in [3.63, 3.8) is 0 Å². The van der Waals surface area contributed by atoms with Crippen molar-refractivity contribution in [1.29, 1.82) is 0 Å². The second-order valence-electron chi connectivity index (χ2n) is 7.74. The van der Waals surface area contributed by atoms with Crippen LogP contribution in [0.2, 0.25) is 0 Å². The summed E-state index contributed by atoms with van der Waals surface area (Å²) < 4.78 is 10.8. The van der Waals surface area contributed by atoms with E-state index in [9.17, 15) is 0 Å². The Balaban J connectivity index is 1.48. The third kappa shape index (κ3) is 4.96. The molecule has 0 radical (unpaired) electrons. The molecule has 2 aliphatic rings. The molecule has 25 heavy (non-hydrogen) atoms. The van der Waals surface area contributed by atoms with Crippen LogP contribution in [0.15, 0.2) is 24.3 Å². The molecule has 0 bridgehead atoms. The van der Waals surface area contributed by atoms with Crippen molar-refractivity contribution in [2.45, 2.75) is 44.8 Å². The van der Waals surface area contributed by atoms with Crippen LogP contribution in [-0.2, 0) is 9.47 Å². The molecule has 3 rings (SSSR count). The lowest BCUT2D eigenvalue weighted by atomic mass is 9.86. The summed E-state index contributed by atoms with van der Waals surface area (Å²) in [5.74, 6) is 0.806. The molecule has 0 unspecified atom stereocenters. The SMILES string of the molecule is COCCN(CC1CCN(c2ccc(C)cc2)CC1)C1CC(OC)C1. The summed E-state index contributed by atoms with van der Waals surface area (Å²) in [5, 5.41) is 0. The van der Waals surface area contributed by atoms with Crippen molar-refractivity contribution in [1.82, 2.24) is 4.90 Å². The molecule has 1 saturated carbocycles. The van der Waals surface area contributed by atoms with Gasteiger partial charge in [-0.1, -0.05) is 17.7 Å². The van der Waals surface area contributed by atoms with Gasteiger partial charge in [0.25, 0.3) is 0 Å². The maximum atomic E-state index is 5.47. The summed E-state index contributed by atoms with van der Waals surface area (Å²) in [6, 6.07) is 9.66. The molecule has 4 nitrogen and oxygen atoms in total. The van der Waals surface area contributed by atoms with Crippen LogP contribution >= 0.6 is 0 Å². The van der Waals surface area contributed by atoms with Gasteiger partial charge < -0.3 is 14.4 Å². The van der Waals surface area contributed by atoms with Crippen molar-refractivity contribution in [2.24, 2.45) is 5.92 Å². The molecule has 1 heterocycles. The number of hydrogen-bond acceptors (Lipinski definition) is 4. The average molecular weight is 347 g/mol. The van der Waals surface area contributed by atoms with Crippen LogP contribution in [0.3, 0.4) is 0 Å². The summed E-state index contributed by atoms with van der Waals surface area (Å²) in [6.45, 7) is 7.60. The first-order valence-corrected chi connectivity index (χ1v) is 9.77. The summed E-state index contributed by atoms with van der Waals surface area (Å²) in [5.41, 5.74) is 2.71. The molecule has 1 aromatic carbocycles. The first-order valence-electron chi connectivity index (χ1n) is 9.77. The minimum atomic E-state index is 0.471. The molecule has 0 atom stereocenters. The summed E-state index contributed by atoms with van der Waals surface area (Å²) in [4.78, 5) is 5.20. The Morgan fingerprint density at radius 3 is 2.36 bits per heavy atom. The minimum absolute atomic E-state index is 0.471. The fourth-order valence-corrected chi connectivity index (χ4v) is 4.12. The third-order valence-electron chi connectivity index (χ3n) is 6.01. The van der Waals surface area contributed by atoms with Gasteiger partial charge in [-0.2, -0.15) is 0 Å². The van der Waals surface area contributed by atoms with Gasteiger partial charge in [-0.3, -0.25) is 4.90 Å². The Morgan fingerprint density at radius 2 is 1.76 bits per heavy atom. The lowest BCUT2D eigenvalue weighted by molar-refractivity contribution is -0.0378. The molecule has 1 saturated heterocycles. The number of ether oxygens (including phenoxy) is 2. The fourth-order valence-electron chi connectivity index (χ4n) is 4.12. The number of anilines is 1. The van der Waals surface area contributed by atoms with Crippen LogP contribution in [0.4, 0.5) is 5.69 Å². The van der Waals surface area contributed by atoms with E-state index >= 15 is 0 Å². The average Bonchev–Trinajstić information content (AvgIpc) is 2.60. The van der Waals surface area contributed by atoms with Crippen molar-refractivity contribution in [3.8, 4) is 0 Å². The Labute approximate surface area is 153 Å². The number of benzene rings is 1. The van der Waals surface area contributed by atoms with Crippen LogP contribution in [0.25, 0.3) is 0 Å². The van der Waals surface area contributed by atoms with E-state index in [0.29, 0.717) is 12.1 Å². The lowest BCUT2D eigenvalue weighted by Crippen LogP contribution is -2.51. The zero-order valence-electron chi connectivity index (χ0n) is 16.1. The standard InChI is InChI=1S/C21H34N2O2/c1-17-4-6-19(7-5-17)22-10-8-18(9-11-22)16-23(12-13-24-2)20-14-21(15-20)25-3/h4-7,18,20-21H,8-16H2,1-3H3. The van der Waals surface area contributed by atoms with Gasteiger partial charge >= 0.3 is 0 Å². The second kappa shape index (κ2) is 9.02. The van der Waals surface area contributed by atoms with Crippen LogP contribution in [0.5, 0.6) is 0 Å². The summed E-state index contributed by atoms with van der Waals surface area (Å²) >= 11 is 0. The highest BCUT2D eigenvalue weighted by atomic mass is 16.5. The van der Waals surface area contributed by atoms with Gasteiger partial charge in [-0.15, -0.1) is 0 Å². The van der Waals surface area contributed by atoms with Crippen LogP contribution < -0.4 is 4.90 Å². The zero-order valence-corrected chi connectivity index (χ0v) is 16.1. The quantitative estimate of drug-likeness (QED) is 0.721. The highest BCUT2D eigenvalue weighted by molar-refractivity contribution is 5.47. The molecule has 1 aliphatic carbocycles. The predicted molar refractivity (Wildman–Crippen MR) is 103 cm³/mol. The molecule has 4 heteroatoms. The third-order valence-corrected chi connectivity index (χ3v) is 6.01. The Morgan fingerprint density at radius 1 is 1.08 bits per heavy atom. The number of aryl methyl sites for hydroxylation is 1. The van der Waals surface area contributed by atoms with E-state index in [1.807, 2.05) is 7.11 Å². The van der Waals surface area contributed by atoms with Gasteiger partial charge in [0.2, 0.25) is 0 Å². The topological polar surface area (TPSA) is 24.9 Å². The molecule has 0 amide bonds. The highest BCUT2D eigenvalue weighted by Gasteiger charge is 2.34. The number of nitrogens with zero attached hydrogens (tertiary/aromatic N) is 2. The van der Waals surface area contributed by atoms with E-state index in [0.717, 1.165) is 19.1 Å². The first kappa shape index (κ1) is 18.7. The van der Waals surface area contributed by atoms with Crippen LogP contribution in [-0.4, -0.2) is 64.1 Å². The van der Waals surface area contributed by atoms with Crippen LogP contribution in [0, 0.1) is 12.8 Å². The molecule has 1 aliphatic heterocycles. The molecular weight excluding hydrogens is 312 g/mol. The van der Waals surface area contributed by atoms with Gasteiger partial charge in [-0.25, -0.2) is 0 Å². The molecule has 0 aromatic heterocycles. The van der Waals surface area contributed by atoms with Gasteiger partial charge in [0.15, 0.2) is 0 Å². The maximum Gasteiger partial charge on any atom is 0.0601 e. The van der Waals surface area contributed by atoms with Crippen LogP contribution in [0.1, 0.15) is 31.2 Å². The number of methoxy groups -OCH3 is 2. The van der Waals surface area contributed by atoms with Gasteiger partial charge in [0.05, 0.1) is 12.7 Å². The summed E-state index contributed by atoms with van der Waals surface area (Å²) in [6.07, 6.45) is 5.42. The van der Waals surface area contributed by atoms with Crippen molar-refractivity contribution < 1.29 is 9.47 Å². The largest absolute Gasteiger partial charge is 0.383 e. The van der Waals surface area contributed by atoms with Gasteiger partial charge in [0.1, 0.15) is 0 Å². The molecular formula is C21H34N2O2. The molecule has 0 N–H and O–H groups in total. The first-order chi connectivity index (χ1) is 12.2.